The van der Waals surface area contributed by atoms with Gasteiger partial charge in [0, 0.05) is 9.70 Å². The van der Waals surface area contributed by atoms with E-state index < -0.39 is 0 Å². The summed E-state index contributed by atoms with van der Waals surface area (Å²) in [6.45, 7) is 4.35. The van der Waals surface area contributed by atoms with E-state index in [1.54, 1.807) is 11.3 Å². The van der Waals surface area contributed by atoms with E-state index in [1.807, 2.05) is 0 Å². The standard InChI is InChI=1S/C15H24BrClS/c1-3-4-5-6-7-8-9-10-13(16)14-11-12(2)15(17)18-14/h11,13H,3-10H2,1-2H3. The Kier molecular flexibility index (Phi) is 8.62. The van der Waals surface area contributed by atoms with Gasteiger partial charge in [-0.3, -0.25) is 0 Å². The van der Waals surface area contributed by atoms with Gasteiger partial charge in [0.2, 0.25) is 0 Å². The van der Waals surface area contributed by atoms with Gasteiger partial charge >= 0.3 is 0 Å². The Morgan fingerprint density at radius 1 is 1.17 bits per heavy atom. The van der Waals surface area contributed by atoms with E-state index in [4.69, 9.17) is 11.6 Å². The SMILES string of the molecule is CCCCCCCCCC(Br)c1cc(C)c(Cl)s1. The Balaban J connectivity index is 2.12. The lowest BCUT2D eigenvalue weighted by Gasteiger charge is -2.07. The third-order valence-electron chi connectivity index (χ3n) is 3.25. The molecule has 0 spiro atoms. The maximum Gasteiger partial charge on any atom is 0.0960 e. The van der Waals surface area contributed by atoms with E-state index in [9.17, 15) is 0 Å². The van der Waals surface area contributed by atoms with E-state index in [-0.39, 0.29) is 0 Å². The van der Waals surface area contributed by atoms with Crippen LogP contribution in [0, 0.1) is 6.92 Å². The molecule has 1 atom stereocenters. The first-order valence-electron chi connectivity index (χ1n) is 7.05. The van der Waals surface area contributed by atoms with Crippen LogP contribution in [0.1, 0.15) is 73.6 Å². The van der Waals surface area contributed by atoms with Crippen molar-refractivity contribution >= 4 is 38.9 Å². The second-order valence-corrected chi connectivity index (χ2v) is 7.77. The predicted molar refractivity (Wildman–Crippen MR) is 88.3 cm³/mol. The highest BCUT2D eigenvalue weighted by atomic mass is 79.9. The van der Waals surface area contributed by atoms with E-state index >= 15 is 0 Å². The summed E-state index contributed by atoms with van der Waals surface area (Å²) in [5.41, 5.74) is 1.21. The van der Waals surface area contributed by atoms with Crippen molar-refractivity contribution in [1.29, 1.82) is 0 Å². The van der Waals surface area contributed by atoms with Gasteiger partial charge in [0.1, 0.15) is 0 Å². The summed E-state index contributed by atoms with van der Waals surface area (Å²) in [6, 6.07) is 2.22. The zero-order valence-corrected chi connectivity index (χ0v) is 14.6. The van der Waals surface area contributed by atoms with Crippen LogP contribution < -0.4 is 0 Å². The number of aryl methyl sites for hydroxylation is 1. The van der Waals surface area contributed by atoms with Crippen LogP contribution in [0.2, 0.25) is 4.34 Å². The highest BCUT2D eigenvalue weighted by Gasteiger charge is 2.11. The fraction of sp³-hybridized carbons (Fsp3) is 0.733. The molecule has 0 bridgehead atoms. The van der Waals surface area contributed by atoms with Crippen LogP contribution in [0.25, 0.3) is 0 Å². The van der Waals surface area contributed by atoms with Crippen LogP contribution >= 0.6 is 38.9 Å². The summed E-state index contributed by atoms with van der Waals surface area (Å²) in [6.07, 6.45) is 10.9. The van der Waals surface area contributed by atoms with Gasteiger partial charge in [-0.1, -0.05) is 79.4 Å². The molecule has 0 saturated carbocycles. The minimum Gasteiger partial charge on any atom is -0.127 e. The van der Waals surface area contributed by atoms with Gasteiger partial charge in [0.25, 0.3) is 0 Å². The molecule has 1 aromatic heterocycles. The van der Waals surface area contributed by atoms with Crippen molar-refractivity contribution in [1.82, 2.24) is 0 Å². The molecular weight excluding hydrogens is 328 g/mol. The molecular formula is C15H24BrClS. The Hall–Kier alpha value is 0.470. The lowest BCUT2D eigenvalue weighted by Crippen LogP contribution is -1.87. The monoisotopic (exact) mass is 350 g/mol. The molecule has 104 valence electrons. The van der Waals surface area contributed by atoms with Crippen molar-refractivity contribution in [2.45, 2.75) is 70.0 Å². The van der Waals surface area contributed by atoms with Crippen LogP contribution in [0.3, 0.4) is 0 Å². The number of hydrogen-bond acceptors (Lipinski definition) is 1. The maximum absolute atomic E-state index is 6.10. The Labute approximate surface area is 129 Å². The largest absolute Gasteiger partial charge is 0.127 e. The summed E-state index contributed by atoms with van der Waals surface area (Å²) in [5, 5.41) is 0. The maximum atomic E-state index is 6.10. The zero-order chi connectivity index (χ0) is 13.4. The van der Waals surface area contributed by atoms with Crippen LogP contribution in [-0.2, 0) is 0 Å². The smallest absolute Gasteiger partial charge is 0.0960 e. The summed E-state index contributed by atoms with van der Waals surface area (Å²) < 4.78 is 0.939. The Bertz CT molecular complexity index is 316. The number of halogens is 2. The van der Waals surface area contributed by atoms with Gasteiger partial charge in [-0.05, 0) is 25.0 Å². The van der Waals surface area contributed by atoms with Crippen molar-refractivity contribution in [3.05, 3.63) is 20.8 Å². The highest BCUT2D eigenvalue weighted by molar-refractivity contribution is 9.09. The molecule has 1 rings (SSSR count). The van der Waals surface area contributed by atoms with Gasteiger partial charge < -0.3 is 0 Å². The van der Waals surface area contributed by atoms with Gasteiger partial charge in [-0.25, -0.2) is 0 Å². The molecule has 18 heavy (non-hydrogen) atoms. The quantitative estimate of drug-likeness (QED) is 0.324. The van der Waals surface area contributed by atoms with E-state index in [1.165, 1.54) is 61.8 Å². The average molecular weight is 352 g/mol. The molecule has 1 heterocycles. The molecule has 0 N–H and O–H groups in total. The average Bonchev–Trinajstić information content (AvgIpc) is 2.68. The molecule has 1 unspecified atom stereocenters. The van der Waals surface area contributed by atoms with Crippen molar-refractivity contribution in [2.75, 3.05) is 0 Å². The normalized spacial score (nSPS) is 12.9. The molecule has 3 heteroatoms. The molecule has 0 aliphatic carbocycles. The zero-order valence-electron chi connectivity index (χ0n) is 11.5. The lowest BCUT2D eigenvalue weighted by atomic mass is 10.1. The molecule has 0 aromatic carbocycles. The molecule has 0 aliphatic heterocycles. The minimum absolute atomic E-state index is 0.490. The highest BCUT2D eigenvalue weighted by Crippen LogP contribution is 2.37. The van der Waals surface area contributed by atoms with E-state index in [0.29, 0.717) is 4.83 Å². The molecule has 0 saturated heterocycles. The van der Waals surface area contributed by atoms with Crippen LogP contribution in [-0.4, -0.2) is 0 Å². The molecule has 0 aliphatic rings. The van der Waals surface area contributed by atoms with Crippen LogP contribution in [0.4, 0.5) is 0 Å². The topological polar surface area (TPSA) is 0 Å². The summed E-state index contributed by atoms with van der Waals surface area (Å²) in [7, 11) is 0. The summed E-state index contributed by atoms with van der Waals surface area (Å²) in [4.78, 5) is 1.87. The molecule has 0 fully saturated rings. The number of alkyl halides is 1. The lowest BCUT2D eigenvalue weighted by molar-refractivity contribution is 0.575. The first-order valence-corrected chi connectivity index (χ1v) is 9.16. The number of rotatable bonds is 9. The number of unbranched alkanes of at least 4 members (excludes halogenated alkanes) is 6. The summed E-state index contributed by atoms with van der Waals surface area (Å²) in [5.74, 6) is 0. The first kappa shape index (κ1) is 16.5. The van der Waals surface area contributed by atoms with Crippen LogP contribution in [0.5, 0.6) is 0 Å². The molecule has 1 aromatic rings. The third-order valence-corrected chi connectivity index (χ3v) is 6.17. The fourth-order valence-electron chi connectivity index (χ4n) is 2.06. The van der Waals surface area contributed by atoms with Crippen molar-refractivity contribution < 1.29 is 0 Å². The predicted octanol–water partition coefficient (Wildman–Crippen LogP) is 7.29. The molecule has 0 nitrogen and oxygen atoms in total. The van der Waals surface area contributed by atoms with Crippen molar-refractivity contribution in [3.63, 3.8) is 0 Å². The second-order valence-electron chi connectivity index (χ2n) is 4.98. The fourth-order valence-corrected chi connectivity index (χ4v) is 4.03. The van der Waals surface area contributed by atoms with E-state index in [2.05, 4.69) is 35.8 Å². The van der Waals surface area contributed by atoms with Crippen molar-refractivity contribution in [3.8, 4) is 0 Å². The molecule has 0 radical (unpaired) electrons. The molecule has 0 amide bonds. The second kappa shape index (κ2) is 9.39. The Morgan fingerprint density at radius 2 is 1.78 bits per heavy atom. The van der Waals surface area contributed by atoms with Gasteiger partial charge in [0.05, 0.1) is 4.34 Å². The Morgan fingerprint density at radius 3 is 2.33 bits per heavy atom. The summed E-state index contributed by atoms with van der Waals surface area (Å²) >= 11 is 11.6. The van der Waals surface area contributed by atoms with Gasteiger partial charge in [0.15, 0.2) is 0 Å². The minimum atomic E-state index is 0.490. The van der Waals surface area contributed by atoms with Crippen molar-refractivity contribution in [2.24, 2.45) is 0 Å². The number of thiophene rings is 1. The number of hydrogen-bond donors (Lipinski definition) is 0. The first-order chi connectivity index (χ1) is 8.65. The van der Waals surface area contributed by atoms with Crippen LogP contribution in [0.15, 0.2) is 6.07 Å². The van der Waals surface area contributed by atoms with Gasteiger partial charge in [-0.15, -0.1) is 11.3 Å². The van der Waals surface area contributed by atoms with E-state index in [0.717, 1.165) is 4.34 Å². The van der Waals surface area contributed by atoms with Gasteiger partial charge in [-0.2, -0.15) is 0 Å². The third kappa shape index (κ3) is 6.08.